The van der Waals surface area contributed by atoms with Crippen LogP contribution in [0.5, 0.6) is 5.75 Å². The van der Waals surface area contributed by atoms with Gasteiger partial charge in [-0.25, -0.2) is 8.42 Å². The second kappa shape index (κ2) is 10.3. The van der Waals surface area contributed by atoms with E-state index in [-0.39, 0.29) is 35.6 Å². The lowest BCUT2D eigenvalue weighted by Gasteiger charge is -2.37. The first kappa shape index (κ1) is 24.7. The fourth-order valence-electron chi connectivity index (χ4n) is 3.50. The lowest BCUT2D eigenvalue weighted by Crippen LogP contribution is -2.50. The van der Waals surface area contributed by atoms with Crippen LogP contribution in [0.3, 0.4) is 0 Å². The number of carbonyl (C=O) groups is 1. The van der Waals surface area contributed by atoms with Crippen molar-refractivity contribution in [3.05, 3.63) is 53.9 Å². The quantitative estimate of drug-likeness (QED) is 0.682. The number of sulfonamides is 1. The maximum Gasteiger partial charge on any atom is 0.247 e. The highest BCUT2D eigenvalue weighted by atomic mass is 32.2. The van der Waals surface area contributed by atoms with Gasteiger partial charge in [0.05, 0.1) is 13.2 Å². The average Bonchev–Trinajstić information content (AvgIpc) is 2.79. The van der Waals surface area contributed by atoms with Crippen LogP contribution in [0.4, 0.5) is 0 Å². The van der Waals surface area contributed by atoms with Crippen molar-refractivity contribution in [2.75, 3.05) is 26.7 Å². The summed E-state index contributed by atoms with van der Waals surface area (Å²) < 4.78 is 34.5. The molecule has 1 aliphatic rings. The molecule has 0 saturated carbocycles. The van der Waals surface area contributed by atoms with E-state index >= 15 is 0 Å². The number of aliphatic hydroxyl groups is 1. The summed E-state index contributed by atoms with van der Waals surface area (Å²) in [5, 5.41) is 9.71. The van der Waals surface area contributed by atoms with Gasteiger partial charge in [-0.05, 0) is 37.3 Å². The Morgan fingerprint density at radius 3 is 2.58 bits per heavy atom. The van der Waals surface area contributed by atoms with E-state index < -0.39 is 22.2 Å². The highest BCUT2D eigenvalue weighted by Crippen LogP contribution is 2.34. The predicted molar refractivity (Wildman–Crippen MR) is 124 cm³/mol. The van der Waals surface area contributed by atoms with Gasteiger partial charge in [-0.1, -0.05) is 18.8 Å². The van der Waals surface area contributed by atoms with E-state index in [4.69, 9.17) is 4.74 Å². The normalized spacial score (nSPS) is 20.8. The van der Waals surface area contributed by atoms with E-state index in [1.807, 2.05) is 6.92 Å². The summed E-state index contributed by atoms with van der Waals surface area (Å²) in [5.41, 5.74) is 1.37. The lowest BCUT2D eigenvalue weighted by molar-refractivity contribution is -0.129. The molecule has 1 aromatic heterocycles. The Bertz CT molecular complexity index is 1160. The van der Waals surface area contributed by atoms with Crippen LogP contribution in [-0.4, -0.2) is 72.5 Å². The molecule has 0 aliphatic carbocycles. The molecule has 0 bridgehead atoms. The number of benzene rings is 1. The van der Waals surface area contributed by atoms with Crippen molar-refractivity contribution in [3.8, 4) is 17.6 Å². The second-order valence-corrected chi connectivity index (χ2v) is 10.1. The molecule has 1 amide bonds. The molecule has 3 rings (SSSR count). The van der Waals surface area contributed by atoms with E-state index in [0.717, 1.165) is 5.56 Å². The third-order valence-electron chi connectivity index (χ3n) is 5.69. The summed E-state index contributed by atoms with van der Waals surface area (Å²) in [4.78, 5) is 17.4. The van der Waals surface area contributed by atoms with E-state index in [0.29, 0.717) is 12.1 Å². The van der Waals surface area contributed by atoms with E-state index in [1.165, 1.54) is 17.3 Å². The smallest absolute Gasteiger partial charge is 0.247 e. The molecule has 0 radical (unpaired) electrons. The fraction of sp³-hybridized carbons (Fsp3) is 0.417. The van der Waals surface area contributed by atoms with Crippen LogP contribution in [0.1, 0.15) is 31.9 Å². The van der Waals surface area contributed by atoms with Crippen LogP contribution in [0.15, 0.2) is 47.6 Å². The van der Waals surface area contributed by atoms with Gasteiger partial charge in [0, 0.05) is 56.0 Å². The minimum absolute atomic E-state index is 0.0136. The number of nitrogens with zero attached hydrogens (tertiary/aromatic N) is 3. The molecule has 2 aromatic rings. The summed E-state index contributed by atoms with van der Waals surface area (Å²) in [5.74, 6) is 5.89. The Morgan fingerprint density at radius 2 is 1.94 bits per heavy atom. The van der Waals surface area contributed by atoms with Crippen molar-refractivity contribution < 1.29 is 23.1 Å². The minimum atomic E-state index is -3.93. The summed E-state index contributed by atoms with van der Waals surface area (Å²) in [6, 6.07) is 7.69. The number of amides is 1. The van der Waals surface area contributed by atoms with Gasteiger partial charge in [0.2, 0.25) is 15.9 Å². The molecule has 1 aliphatic heterocycles. The van der Waals surface area contributed by atoms with E-state index in [2.05, 4.69) is 16.8 Å². The molecule has 0 spiro atoms. The number of fused-ring (bicyclic) bond motifs is 1. The van der Waals surface area contributed by atoms with Gasteiger partial charge in [-0.2, -0.15) is 4.31 Å². The first-order valence-corrected chi connectivity index (χ1v) is 12.1. The third-order valence-corrected chi connectivity index (χ3v) is 7.71. The Labute approximate surface area is 195 Å². The number of hydrogen-bond donors (Lipinski definition) is 1. The predicted octanol–water partition coefficient (Wildman–Crippen LogP) is 1.73. The average molecular weight is 472 g/mol. The van der Waals surface area contributed by atoms with Gasteiger partial charge < -0.3 is 14.7 Å². The third kappa shape index (κ3) is 5.71. The molecular formula is C24H29N3O5S. The van der Waals surface area contributed by atoms with E-state index in [9.17, 15) is 18.3 Å². The zero-order valence-electron chi connectivity index (χ0n) is 19.2. The lowest BCUT2D eigenvalue weighted by atomic mass is 10.0. The molecule has 0 fully saturated rings. The van der Waals surface area contributed by atoms with Gasteiger partial charge in [0.25, 0.3) is 0 Å². The summed E-state index contributed by atoms with van der Waals surface area (Å²) in [6.45, 7) is 5.16. The Hall–Kier alpha value is -2.93. The molecular weight excluding hydrogens is 442 g/mol. The SMILES string of the molecule is CC(=O)N(C)C[C@@H]1Oc2cc(C#Cc3ccncc3)ccc2S(=O)(=O)N([C@@H](C)CO)C[C@@H]1C. The van der Waals surface area contributed by atoms with Crippen LogP contribution in [0.25, 0.3) is 0 Å². The Balaban J connectivity index is 2.08. The van der Waals surface area contributed by atoms with Crippen molar-refractivity contribution in [2.24, 2.45) is 5.92 Å². The number of ether oxygens (including phenoxy) is 1. The highest BCUT2D eigenvalue weighted by molar-refractivity contribution is 7.89. The van der Waals surface area contributed by atoms with Gasteiger partial charge >= 0.3 is 0 Å². The molecule has 33 heavy (non-hydrogen) atoms. The fourth-order valence-corrected chi connectivity index (χ4v) is 5.33. The van der Waals surface area contributed by atoms with E-state index in [1.54, 1.807) is 55.5 Å². The number of aromatic nitrogens is 1. The van der Waals surface area contributed by atoms with Crippen LogP contribution < -0.4 is 4.74 Å². The molecule has 0 saturated heterocycles. The molecule has 1 N–H and O–H groups in total. The number of pyridine rings is 1. The first-order valence-electron chi connectivity index (χ1n) is 10.7. The van der Waals surface area contributed by atoms with Gasteiger partial charge in [0.1, 0.15) is 16.7 Å². The van der Waals surface area contributed by atoms with Crippen LogP contribution >= 0.6 is 0 Å². The number of likely N-dealkylation sites (N-methyl/N-ethyl adjacent to an activating group) is 1. The van der Waals surface area contributed by atoms with Gasteiger partial charge in [-0.15, -0.1) is 0 Å². The maximum absolute atomic E-state index is 13.5. The number of carbonyl (C=O) groups excluding carboxylic acids is 1. The highest BCUT2D eigenvalue weighted by Gasteiger charge is 2.38. The molecule has 1 aromatic carbocycles. The van der Waals surface area contributed by atoms with Gasteiger partial charge in [-0.3, -0.25) is 9.78 Å². The van der Waals surface area contributed by atoms with Crippen LogP contribution in [0, 0.1) is 17.8 Å². The monoisotopic (exact) mass is 471 g/mol. The zero-order chi connectivity index (χ0) is 24.2. The Morgan fingerprint density at radius 1 is 1.27 bits per heavy atom. The largest absolute Gasteiger partial charge is 0.487 e. The topological polar surface area (TPSA) is 100 Å². The number of hydrogen-bond acceptors (Lipinski definition) is 6. The second-order valence-electron chi connectivity index (χ2n) is 8.29. The molecule has 176 valence electrons. The van der Waals surface area contributed by atoms with Crippen molar-refractivity contribution in [1.29, 1.82) is 0 Å². The minimum Gasteiger partial charge on any atom is -0.487 e. The standard InChI is InChI=1S/C24H29N3O5S/c1-17-14-27(18(2)16-28)33(30,31)24-8-7-21(6-5-20-9-11-25-12-10-20)13-22(24)32-23(17)15-26(4)19(3)29/h7-13,17-18,23,28H,14-16H2,1-4H3/t17-,18-,23-/m0/s1. The van der Waals surface area contributed by atoms with Crippen LogP contribution in [-0.2, 0) is 14.8 Å². The summed E-state index contributed by atoms with van der Waals surface area (Å²) in [7, 11) is -2.25. The zero-order valence-corrected chi connectivity index (χ0v) is 20.0. The molecule has 3 atom stereocenters. The maximum atomic E-state index is 13.5. The van der Waals surface area contributed by atoms with Gasteiger partial charge in [0.15, 0.2) is 0 Å². The molecule has 2 heterocycles. The van der Waals surface area contributed by atoms with Crippen molar-refractivity contribution in [2.45, 2.75) is 37.8 Å². The van der Waals surface area contributed by atoms with Crippen LogP contribution in [0.2, 0.25) is 0 Å². The summed E-state index contributed by atoms with van der Waals surface area (Å²) >= 11 is 0. The Kier molecular flexibility index (Phi) is 7.74. The number of aliphatic hydroxyl groups excluding tert-OH is 1. The number of rotatable bonds is 4. The first-order chi connectivity index (χ1) is 15.6. The van der Waals surface area contributed by atoms with Crippen molar-refractivity contribution in [1.82, 2.24) is 14.2 Å². The molecule has 0 unspecified atom stereocenters. The van der Waals surface area contributed by atoms with Crippen molar-refractivity contribution in [3.63, 3.8) is 0 Å². The molecule has 8 nitrogen and oxygen atoms in total. The molecule has 9 heteroatoms. The summed E-state index contributed by atoms with van der Waals surface area (Å²) in [6.07, 6.45) is 2.84. The van der Waals surface area contributed by atoms with Crippen molar-refractivity contribution >= 4 is 15.9 Å².